The Hall–Kier alpha value is -1.10. The Morgan fingerprint density at radius 3 is 1.70 bits per heavy atom. The van der Waals surface area contributed by atoms with Crippen molar-refractivity contribution < 1.29 is 9.59 Å². The maximum Gasteiger partial charge on any atom is 0.239 e. The largest absolute Gasteiger partial charge is 0.330 e. The molecule has 0 atom stereocenters. The summed E-state index contributed by atoms with van der Waals surface area (Å²) in [7, 11) is 0. The van der Waals surface area contributed by atoms with Gasteiger partial charge in [0.25, 0.3) is 0 Å². The number of carbonyl (C=O) groups is 2. The number of unbranched alkanes of at least 4 members (excludes halogenated alkanes) is 8. The van der Waals surface area contributed by atoms with Gasteiger partial charge in [0.2, 0.25) is 11.8 Å². The van der Waals surface area contributed by atoms with Gasteiger partial charge < -0.3 is 5.73 Å². The molecule has 118 valence electrons. The molecule has 0 aromatic rings. The summed E-state index contributed by atoms with van der Waals surface area (Å²) in [6.07, 6.45) is 11.7. The molecule has 0 radical (unpaired) electrons. The number of hydrogen-bond acceptors (Lipinski definition) is 3. The van der Waals surface area contributed by atoms with E-state index >= 15 is 0 Å². The summed E-state index contributed by atoms with van der Waals surface area (Å²) >= 11 is 0. The van der Waals surface area contributed by atoms with Crippen molar-refractivity contribution in [2.45, 2.75) is 77.6 Å². The lowest BCUT2D eigenvalue weighted by atomic mass is 10.1. The van der Waals surface area contributed by atoms with Gasteiger partial charge in [-0.2, -0.15) is 0 Å². The van der Waals surface area contributed by atoms with Crippen molar-refractivity contribution in [3.8, 4) is 0 Å². The smallest absolute Gasteiger partial charge is 0.239 e. The van der Waals surface area contributed by atoms with Crippen molar-refractivity contribution >= 4 is 11.8 Å². The number of hydrogen-bond donors (Lipinski definition) is 3. The van der Waals surface area contributed by atoms with Crippen molar-refractivity contribution in [1.82, 2.24) is 10.9 Å². The van der Waals surface area contributed by atoms with E-state index in [0.29, 0.717) is 13.0 Å². The van der Waals surface area contributed by atoms with Gasteiger partial charge in [-0.05, 0) is 6.42 Å². The summed E-state index contributed by atoms with van der Waals surface area (Å²) in [6.45, 7) is 2.52. The van der Waals surface area contributed by atoms with E-state index in [1.54, 1.807) is 0 Å². The van der Waals surface area contributed by atoms with Gasteiger partial charge >= 0.3 is 0 Å². The highest BCUT2D eigenvalue weighted by Crippen LogP contribution is 2.10. The van der Waals surface area contributed by atoms with E-state index in [2.05, 4.69) is 17.8 Å². The molecule has 0 aliphatic heterocycles. The summed E-state index contributed by atoms with van der Waals surface area (Å²) in [4.78, 5) is 22.5. The molecule has 5 heteroatoms. The molecule has 0 aromatic heterocycles. The molecule has 0 saturated carbocycles. The molecule has 20 heavy (non-hydrogen) atoms. The SMILES string of the molecule is CCCCCCCCCCCC(=O)NNC(=O)CCN. The average molecular weight is 285 g/mol. The molecule has 0 rings (SSSR count). The Labute approximate surface area is 123 Å². The van der Waals surface area contributed by atoms with Gasteiger partial charge in [-0.1, -0.05) is 58.3 Å². The first kappa shape index (κ1) is 18.9. The maximum absolute atomic E-state index is 11.4. The Morgan fingerprint density at radius 1 is 0.750 bits per heavy atom. The third-order valence-electron chi connectivity index (χ3n) is 3.22. The first-order valence-electron chi connectivity index (χ1n) is 7.98. The Bertz CT molecular complexity index is 258. The number of carbonyl (C=O) groups excluding carboxylic acids is 2. The molecule has 0 bridgehead atoms. The van der Waals surface area contributed by atoms with Gasteiger partial charge in [-0.3, -0.25) is 20.4 Å². The van der Waals surface area contributed by atoms with Crippen LogP contribution in [0.15, 0.2) is 0 Å². The van der Waals surface area contributed by atoms with Gasteiger partial charge in [0.05, 0.1) is 0 Å². The standard InChI is InChI=1S/C15H31N3O2/c1-2-3-4-5-6-7-8-9-10-11-14(19)17-18-15(20)12-13-16/h2-13,16H2,1H3,(H,17,19)(H,18,20). The second kappa shape index (κ2) is 14.3. The topological polar surface area (TPSA) is 84.2 Å². The molecular formula is C15H31N3O2. The molecule has 5 nitrogen and oxygen atoms in total. The number of nitrogens with two attached hydrogens (primary N) is 1. The summed E-state index contributed by atoms with van der Waals surface area (Å²) < 4.78 is 0. The van der Waals surface area contributed by atoms with Gasteiger partial charge in [0.1, 0.15) is 0 Å². The van der Waals surface area contributed by atoms with Crippen LogP contribution < -0.4 is 16.6 Å². The molecule has 0 spiro atoms. The monoisotopic (exact) mass is 285 g/mol. The Balaban J connectivity index is 3.25. The lowest BCUT2D eigenvalue weighted by Crippen LogP contribution is -2.42. The summed E-state index contributed by atoms with van der Waals surface area (Å²) in [5, 5.41) is 0. The molecule has 0 saturated heterocycles. The van der Waals surface area contributed by atoms with Crippen LogP contribution in [0.3, 0.4) is 0 Å². The Kier molecular flexibility index (Phi) is 13.5. The maximum atomic E-state index is 11.4. The second-order valence-corrected chi connectivity index (χ2v) is 5.21. The quantitative estimate of drug-likeness (QED) is 0.380. The minimum Gasteiger partial charge on any atom is -0.330 e. The van der Waals surface area contributed by atoms with Crippen molar-refractivity contribution in [2.75, 3.05) is 6.54 Å². The fourth-order valence-corrected chi connectivity index (χ4v) is 1.99. The zero-order valence-electron chi connectivity index (χ0n) is 12.9. The average Bonchev–Trinajstić information content (AvgIpc) is 2.43. The van der Waals surface area contributed by atoms with E-state index in [1.807, 2.05) is 0 Å². The summed E-state index contributed by atoms with van der Waals surface area (Å²) in [5.41, 5.74) is 9.97. The first-order chi connectivity index (χ1) is 9.70. The summed E-state index contributed by atoms with van der Waals surface area (Å²) in [5.74, 6) is -0.369. The predicted molar refractivity (Wildman–Crippen MR) is 81.8 cm³/mol. The van der Waals surface area contributed by atoms with E-state index in [0.717, 1.165) is 12.8 Å². The van der Waals surface area contributed by atoms with E-state index in [-0.39, 0.29) is 18.2 Å². The fraction of sp³-hybridized carbons (Fsp3) is 0.867. The molecule has 4 N–H and O–H groups in total. The van der Waals surface area contributed by atoms with Gasteiger partial charge in [-0.15, -0.1) is 0 Å². The molecule has 0 aromatic carbocycles. The van der Waals surface area contributed by atoms with Crippen LogP contribution in [0.5, 0.6) is 0 Å². The van der Waals surface area contributed by atoms with Crippen molar-refractivity contribution in [3.05, 3.63) is 0 Å². The second-order valence-electron chi connectivity index (χ2n) is 5.21. The molecule has 0 heterocycles. The van der Waals surface area contributed by atoms with Crippen LogP contribution in [0.1, 0.15) is 77.6 Å². The zero-order valence-corrected chi connectivity index (χ0v) is 12.9. The van der Waals surface area contributed by atoms with Crippen molar-refractivity contribution in [1.29, 1.82) is 0 Å². The predicted octanol–water partition coefficient (Wildman–Crippen LogP) is 2.40. The summed E-state index contributed by atoms with van der Waals surface area (Å²) in [6, 6.07) is 0. The highest BCUT2D eigenvalue weighted by atomic mass is 16.2. The number of hydrazine groups is 1. The lowest BCUT2D eigenvalue weighted by molar-refractivity contribution is -0.128. The van der Waals surface area contributed by atoms with E-state index in [4.69, 9.17) is 5.73 Å². The van der Waals surface area contributed by atoms with Crippen LogP contribution in [0.2, 0.25) is 0 Å². The van der Waals surface area contributed by atoms with E-state index in [1.165, 1.54) is 44.9 Å². The van der Waals surface area contributed by atoms with Gasteiger partial charge in [-0.25, -0.2) is 0 Å². The first-order valence-corrected chi connectivity index (χ1v) is 7.98. The van der Waals surface area contributed by atoms with Crippen LogP contribution >= 0.6 is 0 Å². The van der Waals surface area contributed by atoms with Crippen LogP contribution in [0, 0.1) is 0 Å². The van der Waals surface area contributed by atoms with Crippen molar-refractivity contribution in [3.63, 3.8) is 0 Å². The Morgan fingerprint density at radius 2 is 1.20 bits per heavy atom. The molecular weight excluding hydrogens is 254 g/mol. The number of nitrogens with one attached hydrogen (secondary N) is 2. The molecule has 2 amide bonds. The highest BCUT2D eigenvalue weighted by molar-refractivity contribution is 5.81. The van der Waals surface area contributed by atoms with E-state index < -0.39 is 0 Å². The minimum absolute atomic E-state index is 0.127. The van der Waals surface area contributed by atoms with Crippen LogP contribution in [-0.2, 0) is 9.59 Å². The van der Waals surface area contributed by atoms with Gasteiger partial charge in [0, 0.05) is 19.4 Å². The normalized spacial score (nSPS) is 10.3. The van der Waals surface area contributed by atoms with Crippen molar-refractivity contribution in [2.24, 2.45) is 5.73 Å². The van der Waals surface area contributed by atoms with Crippen LogP contribution in [0.4, 0.5) is 0 Å². The molecule has 0 aliphatic carbocycles. The van der Waals surface area contributed by atoms with Crippen LogP contribution in [-0.4, -0.2) is 18.4 Å². The lowest BCUT2D eigenvalue weighted by Gasteiger charge is -2.06. The molecule has 0 aliphatic rings. The molecule has 0 unspecified atom stereocenters. The van der Waals surface area contributed by atoms with Crippen LogP contribution in [0.25, 0.3) is 0 Å². The third-order valence-corrected chi connectivity index (χ3v) is 3.22. The fourth-order valence-electron chi connectivity index (χ4n) is 1.99. The minimum atomic E-state index is -0.243. The highest BCUT2D eigenvalue weighted by Gasteiger charge is 2.03. The number of rotatable bonds is 12. The van der Waals surface area contributed by atoms with E-state index in [9.17, 15) is 9.59 Å². The third kappa shape index (κ3) is 13.3. The number of amides is 2. The zero-order chi connectivity index (χ0) is 15.1. The van der Waals surface area contributed by atoms with Gasteiger partial charge in [0.15, 0.2) is 0 Å². The molecule has 0 fully saturated rings.